The summed E-state index contributed by atoms with van der Waals surface area (Å²) >= 11 is 0. The molecule has 1 aliphatic rings. The zero-order valence-corrected chi connectivity index (χ0v) is 9.95. The van der Waals surface area contributed by atoms with E-state index in [4.69, 9.17) is 4.74 Å². The van der Waals surface area contributed by atoms with Gasteiger partial charge in [0.05, 0.1) is 12.6 Å². The van der Waals surface area contributed by atoms with Gasteiger partial charge in [-0.1, -0.05) is 0 Å². The van der Waals surface area contributed by atoms with Crippen LogP contribution in [0.1, 0.15) is 25.7 Å². The van der Waals surface area contributed by atoms with Gasteiger partial charge < -0.3 is 10.1 Å². The molecule has 0 heterocycles. The van der Waals surface area contributed by atoms with Gasteiger partial charge in [0.1, 0.15) is 0 Å². The molecule has 0 radical (unpaired) electrons. The zero-order valence-electron chi connectivity index (χ0n) is 9.95. The van der Waals surface area contributed by atoms with Crippen LogP contribution in [0.3, 0.4) is 0 Å². The van der Waals surface area contributed by atoms with E-state index in [1.54, 1.807) is 14.2 Å². The Balaban J connectivity index is 2.29. The van der Waals surface area contributed by atoms with E-state index in [9.17, 15) is 4.79 Å². The largest absolute Gasteiger partial charge is 0.381 e. The van der Waals surface area contributed by atoms with Gasteiger partial charge in [0, 0.05) is 20.2 Å². The van der Waals surface area contributed by atoms with Crippen molar-refractivity contribution in [2.45, 2.75) is 37.8 Å². The lowest BCUT2D eigenvalue weighted by Crippen LogP contribution is -2.42. The summed E-state index contributed by atoms with van der Waals surface area (Å²) in [5.74, 6) is 0.0892. The number of carbonyl (C=O) groups is 1. The van der Waals surface area contributed by atoms with E-state index in [0.29, 0.717) is 18.7 Å². The molecular formula is C11H22N2O2. The van der Waals surface area contributed by atoms with Crippen LogP contribution in [0, 0.1) is 0 Å². The number of hydrogen-bond acceptors (Lipinski definition) is 3. The first kappa shape index (κ1) is 12.5. The monoisotopic (exact) mass is 214 g/mol. The molecule has 1 aliphatic carbocycles. The van der Waals surface area contributed by atoms with Gasteiger partial charge >= 0.3 is 0 Å². The molecule has 0 aliphatic heterocycles. The SMILES string of the molecule is CNC(=O)CN(C)C1CCC(OC)CC1. The quantitative estimate of drug-likeness (QED) is 0.746. The van der Waals surface area contributed by atoms with Crippen molar-refractivity contribution in [1.82, 2.24) is 10.2 Å². The van der Waals surface area contributed by atoms with Crippen LogP contribution >= 0.6 is 0 Å². The fourth-order valence-electron chi connectivity index (χ4n) is 2.16. The molecule has 4 nitrogen and oxygen atoms in total. The van der Waals surface area contributed by atoms with Crippen LogP contribution in [-0.4, -0.2) is 50.7 Å². The minimum absolute atomic E-state index is 0.0892. The predicted molar refractivity (Wildman–Crippen MR) is 59.7 cm³/mol. The van der Waals surface area contributed by atoms with Crippen molar-refractivity contribution in [2.75, 3.05) is 27.7 Å². The number of carbonyl (C=O) groups excluding carboxylic acids is 1. The third kappa shape index (κ3) is 3.80. The van der Waals surface area contributed by atoms with Crippen molar-refractivity contribution in [1.29, 1.82) is 0 Å². The number of likely N-dealkylation sites (N-methyl/N-ethyl adjacent to an activating group) is 2. The molecule has 15 heavy (non-hydrogen) atoms. The summed E-state index contributed by atoms with van der Waals surface area (Å²) in [4.78, 5) is 13.4. The first-order valence-electron chi connectivity index (χ1n) is 5.61. The van der Waals surface area contributed by atoms with E-state index >= 15 is 0 Å². The van der Waals surface area contributed by atoms with Crippen molar-refractivity contribution in [3.05, 3.63) is 0 Å². The van der Waals surface area contributed by atoms with E-state index in [0.717, 1.165) is 25.7 Å². The van der Waals surface area contributed by atoms with Gasteiger partial charge in [-0.25, -0.2) is 0 Å². The maximum atomic E-state index is 11.2. The van der Waals surface area contributed by atoms with Crippen molar-refractivity contribution < 1.29 is 9.53 Å². The van der Waals surface area contributed by atoms with Gasteiger partial charge in [-0.2, -0.15) is 0 Å². The first-order chi connectivity index (χ1) is 7.17. The lowest BCUT2D eigenvalue weighted by Gasteiger charge is -2.33. The molecule has 4 heteroatoms. The maximum absolute atomic E-state index is 11.2. The molecule has 1 amide bonds. The normalized spacial score (nSPS) is 26.7. The molecule has 0 aromatic carbocycles. The van der Waals surface area contributed by atoms with Crippen LogP contribution in [0.25, 0.3) is 0 Å². The summed E-state index contributed by atoms with van der Waals surface area (Å²) in [5, 5.41) is 2.65. The van der Waals surface area contributed by atoms with E-state index in [2.05, 4.69) is 10.2 Å². The molecule has 0 spiro atoms. The second-order valence-corrected chi connectivity index (χ2v) is 4.25. The topological polar surface area (TPSA) is 41.6 Å². The van der Waals surface area contributed by atoms with Crippen LogP contribution in [-0.2, 0) is 9.53 Å². The third-order valence-electron chi connectivity index (χ3n) is 3.27. The molecule has 1 saturated carbocycles. The number of nitrogens with one attached hydrogen (secondary N) is 1. The highest BCUT2D eigenvalue weighted by atomic mass is 16.5. The predicted octanol–water partition coefficient (Wildman–Crippen LogP) is 0.622. The van der Waals surface area contributed by atoms with Gasteiger partial charge in [0.25, 0.3) is 0 Å². The summed E-state index contributed by atoms with van der Waals surface area (Å²) in [5.41, 5.74) is 0. The Morgan fingerprint density at radius 1 is 1.40 bits per heavy atom. The fraction of sp³-hybridized carbons (Fsp3) is 0.909. The van der Waals surface area contributed by atoms with Crippen LogP contribution in [0.2, 0.25) is 0 Å². The zero-order chi connectivity index (χ0) is 11.3. The Kier molecular flexibility index (Phi) is 5.05. The van der Waals surface area contributed by atoms with Gasteiger partial charge in [-0.3, -0.25) is 9.69 Å². The molecule has 0 saturated heterocycles. The minimum atomic E-state index is 0.0892. The van der Waals surface area contributed by atoms with Crippen LogP contribution in [0.5, 0.6) is 0 Å². The van der Waals surface area contributed by atoms with Crippen LogP contribution in [0.15, 0.2) is 0 Å². The molecular weight excluding hydrogens is 192 g/mol. The van der Waals surface area contributed by atoms with E-state index in [1.807, 2.05) is 7.05 Å². The standard InChI is InChI=1S/C11H22N2O2/c1-12-11(14)8-13(2)9-4-6-10(15-3)7-5-9/h9-10H,4-8H2,1-3H3,(H,12,14). The maximum Gasteiger partial charge on any atom is 0.233 e. The molecule has 88 valence electrons. The Bertz CT molecular complexity index is 201. The highest BCUT2D eigenvalue weighted by molar-refractivity contribution is 5.77. The second-order valence-electron chi connectivity index (χ2n) is 4.25. The number of methoxy groups -OCH3 is 1. The number of amides is 1. The smallest absolute Gasteiger partial charge is 0.233 e. The van der Waals surface area contributed by atoms with E-state index < -0.39 is 0 Å². The first-order valence-corrected chi connectivity index (χ1v) is 5.61. The van der Waals surface area contributed by atoms with E-state index in [1.165, 1.54) is 0 Å². The van der Waals surface area contributed by atoms with E-state index in [-0.39, 0.29) is 5.91 Å². The van der Waals surface area contributed by atoms with Crippen molar-refractivity contribution in [3.8, 4) is 0 Å². The summed E-state index contributed by atoms with van der Waals surface area (Å²) < 4.78 is 5.32. The molecule has 1 rings (SSSR count). The average molecular weight is 214 g/mol. The third-order valence-corrected chi connectivity index (χ3v) is 3.27. The van der Waals surface area contributed by atoms with Crippen molar-refractivity contribution in [3.63, 3.8) is 0 Å². The van der Waals surface area contributed by atoms with Gasteiger partial charge in [-0.15, -0.1) is 0 Å². The van der Waals surface area contributed by atoms with Crippen molar-refractivity contribution in [2.24, 2.45) is 0 Å². The Morgan fingerprint density at radius 2 is 2.00 bits per heavy atom. The van der Waals surface area contributed by atoms with Gasteiger partial charge in [0.2, 0.25) is 5.91 Å². The molecule has 1 N–H and O–H groups in total. The lowest BCUT2D eigenvalue weighted by molar-refractivity contribution is -0.122. The second kappa shape index (κ2) is 6.08. The Labute approximate surface area is 92.0 Å². The summed E-state index contributed by atoms with van der Waals surface area (Å²) in [6, 6.07) is 0.536. The Hall–Kier alpha value is -0.610. The number of hydrogen-bond donors (Lipinski definition) is 1. The van der Waals surface area contributed by atoms with Gasteiger partial charge in [-0.05, 0) is 32.7 Å². The lowest BCUT2D eigenvalue weighted by atomic mass is 9.92. The highest BCUT2D eigenvalue weighted by Gasteiger charge is 2.24. The Morgan fingerprint density at radius 3 is 2.47 bits per heavy atom. The number of nitrogens with zero attached hydrogens (tertiary/aromatic N) is 1. The van der Waals surface area contributed by atoms with Crippen LogP contribution in [0.4, 0.5) is 0 Å². The average Bonchev–Trinajstić information content (AvgIpc) is 2.29. The summed E-state index contributed by atoms with van der Waals surface area (Å²) in [6.07, 6.45) is 4.91. The van der Waals surface area contributed by atoms with Crippen molar-refractivity contribution >= 4 is 5.91 Å². The van der Waals surface area contributed by atoms with Gasteiger partial charge in [0.15, 0.2) is 0 Å². The molecule has 0 aromatic rings. The molecule has 0 unspecified atom stereocenters. The van der Waals surface area contributed by atoms with Crippen LogP contribution < -0.4 is 5.32 Å². The highest BCUT2D eigenvalue weighted by Crippen LogP contribution is 2.23. The minimum Gasteiger partial charge on any atom is -0.381 e. The molecule has 0 bridgehead atoms. The molecule has 0 atom stereocenters. The number of rotatable bonds is 4. The number of ether oxygens (including phenoxy) is 1. The molecule has 0 aromatic heterocycles. The summed E-state index contributed by atoms with van der Waals surface area (Å²) in [6.45, 7) is 0.499. The fourth-order valence-corrected chi connectivity index (χ4v) is 2.16. The summed E-state index contributed by atoms with van der Waals surface area (Å²) in [7, 11) is 5.48. The molecule has 1 fully saturated rings.